The van der Waals surface area contributed by atoms with Gasteiger partial charge in [0.1, 0.15) is 11.9 Å². The van der Waals surface area contributed by atoms with Gasteiger partial charge in [-0.2, -0.15) is 0 Å². The summed E-state index contributed by atoms with van der Waals surface area (Å²) in [6.07, 6.45) is 3.81. The molecule has 2 heterocycles. The van der Waals surface area contributed by atoms with Crippen molar-refractivity contribution in [2.24, 2.45) is 0 Å². The van der Waals surface area contributed by atoms with Gasteiger partial charge in [0.05, 0.1) is 11.7 Å². The summed E-state index contributed by atoms with van der Waals surface area (Å²) in [5, 5.41) is 0. The Bertz CT molecular complexity index is 454. The van der Waals surface area contributed by atoms with Gasteiger partial charge in [-0.25, -0.2) is 14.8 Å². The molecule has 1 aromatic heterocycles. The zero-order chi connectivity index (χ0) is 13.3. The molecule has 1 aliphatic rings. The van der Waals surface area contributed by atoms with Crippen LogP contribution in [0.3, 0.4) is 0 Å². The second-order valence-electron chi connectivity index (χ2n) is 5.52. The fraction of sp³-hybridized carbons (Fsp3) is 0.615. The minimum atomic E-state index is -0.468. The molecule has 18 heavy (non-hydrogen) atoms. The fourth-order valence-corrected chi connectivity index (χ4v) is 2.08. The molecule has 1 aliphatic heterocycles. The lowest BCUT2D eigenvalue weighted by molar-refractivity contribution is 0.0157. The molecule has 0 N–H and O–H groups in total. The summed E-state index contributed by atoms with van der Waals surface area (Å²) >= 11 is 0. The molecule has 0 aromatic carbocycles. The summed E-state index contributed by atoms with van der Waals surface area (Å²) < 4.78 is 5.41. The summed E-state index contributed by atoms with van der Waals surface area (Å²) in [6.45, 7) is 8.23. The Morgan fingerprint density at radius 3 is 2.89 bits per heavy atom. The van der Waals surface area contributed by atoms with Gasteiger partial charge in [0.15, 0.2) is 0 Å². The molecule has 0 bridgehead atoms. The smallest absolute Gasteiger partial charge is 0.410 e. The average Bonchev–Trinajstić information content (AvgIpc) is 2.27. The summed E-state index contributed by atoms with van der Waals surface area (Å²) in [5.41, 5.74) is 1.57. The number of amides is 1. The van der Waals surface area contributed by atoms with E-state index in [9.17, 15) is 4.79 Å². The Kier molecular flexibility index (Phi) is 3.24. The van der Waals surface area contributed by atoms with Gasteiger partial charge in [-0.15, -0.1) is 0 Å². The Morgan fingerprint density at radius 2 is 2.22 bits per heavy atom. The molecule has 2 rings (SSSR count). The molecule has 0 saturated carbocycles. The van der Waals surface area contributed by atoms with Gasteiger partial charge in [-0.05, 0) is 27.7 Å². The summed E-state index contributed by atoms with van der Waals surface area (Å²) in [7, 11) is 0. The van der Waals surface area contributed by atoms with Gasteiger partial charge in [-0.3, -0.25) is 0 Å². The fourth-order valence-electron chi connectivity index (χ4n) is 2.08. The average molecular weight is 249 g/mol. The van der Waals surface area contributed by atoms with Crippen molar-refractivity contribution in [3.05, 3.63) is 23.8 Å². The largest absolute Gasteiger partial charge is 0.444 e. The number of nitrogens with zero attached hydrogens (tertiary/aromatic N) is 3. The molecule has 98 valence electrons. The van der Waals surface area contributed by atoms with Crippen LogP contribution in [0.25, 0.3) is 0 Å². The van der Waals surface area contributed by atoms with Gasteiger partial charge in [0.2, 0.25) is 0 Å². The quantitative estimate of drug-likeness (QED) is 0.708. The van der Waals surface area contributed by atoms with E-state index in [0.29, 0.717) is 6.54 Å². The van der Waals surface area contributed by atoms with Crippen molar-refractivity contribution in [1.82, 2.24) is 14.9 Å². The van der Waals surface area contributed by atoms with Gasteiger partial charge < -0.3 is 9.64 Å². The van der Waals surface area contributed by atoms with E-state index in [1.807, 2.05) is 27.7 Å². The standard InChI is InChI=1S/C13H19N3O2/c1-9-10-7-14-8-15-11(10)5-6-16(9)12(17)18-13(2,3)4/h7-9H,5-6H2,1-4H3. The first-order valence-electron chi connectivity index (χ1n) is 6.17. The molecule has 5 heteroatoms. The van der Waals surface area contributed by atoms with Gasteiger partial charge in [-0.1, -0.05) is 0 Å². The van der Waals surface area contributed by atoms with Crippen molar-refractivity contribution in [3.63, 3.8) is 0 Å². The maximum atomic E-state index is 12.1. The normalized spacial score (nSPS) is 19.3. The number of carbonyl (C=O) groups excluding carboxylic acids is 1. The third kappa shape index (κ3) is 2.60. The van der Waals surface area contributed by atoms with E-state index in [2.05, 4.69) is 9.97 Å². The Balaban J connectivity index is 2.17. The molecule has 0 saturated heterocycles. The lowest BCUT2D eigenvalue weighted by Gasteiger charge is -2.35. The molecular weight excluding hydrogens is 230 g/mol. The van der Waals surface area contributed by atoms with E-state index in [-0.39, 0.29) is 12.1 Å². The van der Waals surface area contributed by atoms with Crippen LogP contribution in [-0.4, -0.2) is 33.1 Å². The summed E-state index contributed by atoms with van der Waals surface area (Å²) in [4.78, 5) is 22.1. The van der Waals surface area contributed by atoms with Crippen LogP contribution in [0.5, 0.6) is 0 Å². The molecule has 0 aliphatic carbocycles. The highest BCUT2D eigenvalue weighted by Gasteiger charge is 2.31. The zero-order valence-electron chi connectivity index (χ0n) is 11.3. The predicted molar refractivity (Wildman–Crippen MR) is 67.1 cm³/mol. The Morgan fingerprint density at radius 1 is 1.50 bits per heavy atom. The highest BCUT2D eigenvalue weighted by molar-refractivity contribution is 5.69. The molecule has 0 spiro atoms. The first-order valence-corrected chi connectivity index (χ1v) is 6.17. The molecule has 1 amide bonds. The van der Waals surface area contributed by atoms with E-state index in [0.717, 1.165) is 17.7 Å². The first kappa shape index (κ1) is 12.8. The molecule has 1 atom stereocenters. The number of aromatic nitrogens is 2. The van der Waals surface area contributed by atoms with Gasteiger partial charge >= 0.3 is 6.09 Å². The van der Waals surface area contributed by atoms with Crippen molar-refractivity contribution in [3.8, 4) is 0 Å². The van der Waals surface area contributed by atoms with Crippen LogP contribution < -0.4 is 0 Å². The van der Waals surface area contributed by atoms with E-state index in [1.165, 1.54) is 0 Å². The number of hydrogen-bond donors (Lipinski definition) is 0. The Labute approximate surface area is 107 Å². The molecule has 0 fully saturated rings. The maximum Gasteiger partial charge on any atom is 0.410 e. The van der Waals surface area contributed by atoms with Crippen molar-refractivity contribution >= 4 is 6.09 Å². The number of fused-ring (bicyclic) bond motifs is 1. The van der Waals surface area contributed by atoms with Gasteiger partial charge in [0, 0.05) is 24.7 Å². The van der Waals surface area contributed by atoms with Crippen molar-refractivity contribution in [1.29, 1.82) is 0 Å². The number of ether oxygens (including phenoxy) is 1. The van der Waals surface area contributed by atoms with Crippen LogP contribution >= 0.6 is 0 Å². The minimum absolute atomic E-state index is 0.0372. The third-order valence-electron chi connectivity index (χ3n) is 2.96. The highest BCUT2D eigenvalue weighted by atomic mass is 16.6. The zero-order valence-corrected chi connectivity index (χ0v) is 11.3. The molecular formula is C13H19N3O2. The Hall–Kier alpha value is -1.65. The molecule has 1 unspecified atom stereocenters. The van der Waals surface area contributed by atoms with Crippen molar-refractivity contribution < 1.29 is 9.53 Å². The second kappa shape index (κ2) is 4.55. The maximum absolute atomic E-state index is 12.1. The molecule has 5 nitrogen and oxygen atoms in total. The lowest BCUT2D eigenvalue weighted by atomic mass is 10.0. The number of carbonyl (C=O) groups is 1. The van der Waals surface area contributed by atoms with Crippen LogP contribution in [0.1, 0.15) is 45.0 Å². The van der Waals surface area contributed by atoms with Crippen LogP contribution in [0.2, 0.25) is 0 Å². The van der Waals surface area contributed by atoms with Crippen molar-refractivity contribution in [2.45, 2.75) is 45.8 Å². The molecule has 0 radical (unpaired) electrons. The van der Waals surface area contributed by atoms with Crippen molar-refractivity contribution in [2.75, 3.05) is 6.54 Å². The van der Waals surface area contributed by atoms with Crippen LogP contribution in [0, 0.1) is 0 Å². The summed E-state index contributed by atoms with van der Waals surface area (Å²) in [5.74, 6) is 0. The second-order valence-corrected chi connectivity index (χ2v) is 5.52. The first-order chi connectivity index (χ1) is 8.38. The van der Waals surface area contributed by atoms with E-state index < -0.39 is 5.60 Å². The van der Waals surface area contributed by atoms with Crippen LogP contribution in [0.15, 0.2) is 12.5 Å². The van der Waals surface area contributed by atoms with Gasteiger partial charge in [0.25, 0.3) is 0 Å². The van der Waals surface area contributed by atoms with E-state index >= 15 is 0 Å². The van der Waals surface area contributed by atoms with E-state index in [1.54, 1.807) is 17.4 Å². The summed E-state index contributed by atoms with van der Waals surface area (Å²) in [6, 6.07) is -0.0372. The van der Waals surface area contributed by atoms with E-state index in [4.69, 9.17) is 4.74 Å². The number of rotatable bonds is 0. The SMILES string of the molecule is CC1c2cncnc2CCN1C(=O)OC(C)(C)C. The highest BCUT2D eigenvalue weighted by Crippen LogP contribution is 2.28. The van der Waals surface area contributed by atoms with Crippen LogP contribution in [-0.2, 0) is 11.2 Å². The number of hydrogen-bond acceptors (Lipinski definition) is 4. The minimum Gasteiger partial charge on any atom is -0.444 e. The topological polar surface area (TPSA) is 55.3 Å². The van der Waals surface area contributed by atoms with Crippen LogP contribution in [0.4, 0.5) is 4.79 Å². The monoisotopic (exact) mass is 249 g/mol. The third-order valence-corrected chi connectivity index (χ3v) is 2.96. The lowest BCUT2D eigenvalue weighted by Crippen LogP contribution is -2.42. The predicted octanol–water partition coefficient (Wildman–Crippen LogP) is 2.33. The molecule has 1 aromatic rings.